The Morgan fingerprint density at radius 1 is 1.27 bits per heavy atom. The summed E-state index contributed by atoms with van der Waals surface area (Å²) >= 11 is 5.85. The summed E-state index contributed by atoms with van der Waals surface area (Å²) in [5.41, 5.74) is 0. The van der Waals surface area contributed by atoms with E-state index in [4.69, 9.17) is 11.6 Å². The third-order valence-corrected chi connectivity index (χ3v) is 5.55. The molecule has 1 aromatic carbocycles. The molecule has 1 N–H and O–H groups in total. The average Bonchev–Trinajstić information content (AvgIpc) is 2.48. The summed E-state index contributed by atoms with van der Waals surface area (Å²) in [5.74, 6) is 0.261. The minimum absolute atomic E-state index is 0.215. The predicted molar refractivity (Wildman–Crippen MR) is 89.7 cm³/mol. The van der Waals surface area contributed by atoms with Crippen LogP contribution in [0.3, 0.4) is 0 Å². The van der Waals surface area contributed by atoms with E-state index in [1.807, 2.05) is 0 Å². The van der Waals surface area contributed by atoms with Gasteiger partial charge in [-0.05, 0) is 31.2 Å². The standard InChI is InChI=1S/C15H24ClN3O2S/c1-13(12-19-8-6-18(2)7-9-19)11-17-22(20,21)15-5-3-4-14(16)10-15/h3-5,10,13,17H,6-9,11-12H2,1-2H3. The van der Waals surface area contributed by atoms with Crippen molar-refractivity contribution in [3.05, 3.63) is 29.3 Å². The molecular weight excluding hydrogens is 322 g/mol. The number of halogens is 1. The highest BCUT2D eigenvalue weighted by molar-refractivity contribution is 7.89. The Morgan fingerprint density at radius 3 is 2.59 bits per heavy atom. The van der Waals surface area contributed by atoms with Crippen LogP contribution in [0.1, 0.15) is 6.92 Å². The highest BCUT2D eigenvalue weighted by Crippen LogP contribution is 2.15. The normalized spacial score (nSPS) is 19.2. The van der Waals surface area contributed by atoms with Crippen molar-refractivity contribution in [1.82, 2.24) is 14.5 Å². The van der Waals surface area contributed by atoms with E-state index in [0.29, 0.717) is 11.6 Å². The quantitative estimate of drug-likeness (QED) is 0.849. The van der Waals surface area contributed by atoms with Crippen molar-refractivity contribution in [2.45, 2.75) is 11.8 Å². The van der Waals surface area contributed by atoms with Gasteiger partial charge in [0.1, 0.15) is 0 Å². The van der Waals surface area contributed by atoms with Crippen LogP contribution in [0, 0.1) is 5.92 Å². The molecule has 0 radical (unpaired) electrons. The lowest BCUT2D eigenvalue weighted by atomic mass is 10.1. The number of likely N-dealkylation sites (N-methyl/N-ethyl adjacent to an activating group) is 1. The van der Waals surface area contributed by atoms with Gasteiger partial charge in [-0.1, -0.05) is 24.6 Å². The largest absolute Gasteiger partial charge is 0.304 e. The summed E-state index contributed by atoms with van der Waals surface area (Å²) in [6, 6.07) is 6.33. The molecule has 0 bridgehead atoms. The molecule has 22 heavy (non-hydrogen) atoms. The molecule has 0 aliphatic carbocycles. The summed E-state index contributed by atoms with van der Waals surface area (Å²) in [4.78, 5) is 4.91. The first-order valence-electron chi connectivity index (χ1n) is 7.53. The summed E-state index contributed by atoms with van der Waals surface area (Å²) in [7, 11) is -1.36. The van der Waals surface area contributed by atoms with E-state index in [2.05, 4.69) is 28.5 Å². The van der Waals surface area contributed by atoms with Crippen LogP contribution in [0.4, 0.5) is 0 Å². The van der Waals surface area contributed by atoms with Crippen LogP contribution >= 0.6 is 11.6 Å². The average molecular weight is 346 g/mol. The second-order valence-corrected chi connectivity index (χ2v) is 8.22. The van der Waals surface area contributed by atoms with E-state index in [1.165, 1.54) is 6.07 Å². The second-order valence-electron chi connectivity index (χ2n) is 6.02. The van der Waals surface area contributed by atoms with Crippen LogP contribution in [0.5, 0.6) is 0 Å². The summed E-state index contributed by atoms with van der Waals surface area (Å²) in [6.07, 6.45) is 0. The number of sulfonamides is 1. The van der Waals surface area contributed by atoms with Crippen LogP contribution in [-0.2, 0) is 10.0 Å². The Balaban J connectivity index is 1.83. The first-order valence-corrected chi connectivity index (χ1v) is 9.39. The van der Waals surface area contributed by atoms with Crippen LogP contribution in [0.25, 0.3) is 0 Å². The lowest BCUT2D eigenvalue weighted by molar-refractivity contribution is 0.139. The number of hydrogen-bond acceptors (Lipinski definition) is 4. The van der Waals surface area contributed by atoms with Crippen LogP contribution < -0.4 is 4.72 Å². The van der Waals surface area contributed by atoms with E-state index in [0.717, 1.165) is 32.7 Å². The van der Waals surface area contributed by atoms with Gasteiger partial charge in [0.05, 0.1) is 4.90 Å². The lowest BCUT2D eigenvalue weighted by Gasteiger charge is -2.33. The SMILES string of the molecule is CC(CNS(=O)(=O)c1cccc(Cl)c1)CN1CCN(C)CC1. The first kappa shape index (κ1) is 17.7. The van der Waals surface area contributed by atoms with Gasteiger partial charge in [-0.25, -0.2) is 13.1 Å². The number of piperazine rings is 1. The zero-order chi connectivity index (χ0) is 16.2. The van der Waals surface area contributed by atoms with Gasteiger partial charge in [0, 0.05) is 44.3 Å². The Bertz CT molecular complexity index is 586. The first-order chi connectivity index (χ1) is 10.4. The predicted octanol–water partition coefficient (Wildman–Crippen LogP) is 1.50. The van der Waals surface area contributed by atoms with Gasteiger partial charge in [0.15, 0.2) is 0 Å². The third-order valence-electron chi connectivity index (χ3n) is 3.89. The number of benzene rings is 1. The van der Waals surface area contributed by atoms with Crippen molar-refractivity contribution in [1.29, 1.82) is 0 Å². The fourth-order valence-electron chi connectivity index (χ4n) is 2.51. The highest BCUT2D eigenvalue weighted by Gasteiger charge is 2.19. The Labute approximate surface area is 138 Å². The molecule has 124 valence electrons. The minimum Gasteiger partial charge on any atom is -0.304 e. The van der Waals surface area contributed by atoms with Crippen LogP contribution in [0.15, 0.2) is 29.2 Å². The van der Waals surface area contributed by atoms with Crippen molar-refractivity contribution in [3.63, 3.8) is 0 Å². The number of nitrogens with one attached hydrogen (secondary N) is 1. The maximum atomic E-state index is 12.2. The fourth-order valence-corrected chi connectivity index (χ4v) is 3.97. The zero-order valence-electron chi connectivity index (χ0n) is 13.1. The second kappa shape index (κ2) is 7.75. The number of hydrogen-bond donors (Lipinski definition) is 1. The van der Waals surface area contributed by atoms with Gasteiger partial charge in [0.2, 0.25) is 10.0 Å². The lowest BCUT2D eigenvalue weighted by Crippen LogP contribution is -2.46. The molecule has 7 heteroatoms. The zero-order valence-corrected chi connectivity index (χ0v) is 14.7. The summed E-state index contributed by atoms with van der Waals surface area (Å²) < 4.78 is 27.1. The maximum Gasteiger partial charge on any atom is 0.240 e. The smallest absolute Gasteiger partial charge is 0.240 e. The van der Waals surface area contributed by atoms with Gasteiger partial charge in [0.25, 0.3) is 0 Å². The fraction of sp³-hybridized carbons (Fsp3) is 0.600. The Kier molecular flexibility index (Phi) is 6.23. The monoisotopic (exact) mass is 345 g/mol. The highest BCUT2D eigenvalue weighted by atomic mass is 35.5. The molecule has 1 atom stereocenters. The molecule has 1 heterocycles. The molecule has 1 fully saturated rings. The van der Waals surface area contributed by atoms with Gasteiger partial charge in [-0.2, -0.15) is 0 Å². The van der Waals surface area contributed by atoms with Crippen molar-refractivity contribution in [2.24, 2.45) is 5.92 Å². The molecular formula is C15H24ClN3O2S. The van der Waals surface area contributed by atoms with E-state index >= 15 is 0 Å². The van der Waals surface area contributed by atoms with Gasteiger partial charge in [-0.3, -0.25) is 0 Å². The molecule has 1 aliphatic heterocycles. The summed E-state index contributed by atoms with van der Waals surface area (Å²) in [5, 5.41) is 0.424. The van der Waals surface area contributed by atoms with Gasteiger partial charge >= 0.3 is 0 Å². The molecule has 1 saturated heterocycles. The molecule has 5 nitrogen and oxygen atoms in total. The third kappa shape index (κ3) is 5.21. The molecule has 0 aromatic heterocycles. The van der Waals surface area contributed by atoms with Crippen molar-refractivity contribution in [2.75, 3.05) is 46.3 Å². The maximum absolute atomic E-state index is 12.2. The molecule has 1 unspecified atom stereocenters. The van der Waals surface area contributed by atoms with E-state index < -0.39 is 10.0 Å². The number of rotatable bonds is 6. The van der Waals surface area contributed by atoms with Crippen LogP contribution in [-0.4, -0.2) is 64.5 Å². The van der Waals surface area contributed by atoms with E-state index in [1.54, 1.807) is 18.2 Å². The van der Waals surface area contributed by atoms with Crippen molar-refractivity contribution >= 4 is 21.6 Å². The van der Waals surface area contributed by atoms with Gasteiger partial charge < -0.3 is 9.80 Å². The molecule has 0 amide bonds. The van der Waals surface area contributed by atoms with Crippen molar-refractivity contribution < 1.29 is 8.42 Å². The Hall–Kier alpha value is -0.660. The molecule has 2 rings (SSSR count). The topological polar surface area (TPSA) is 52.7 Å². The Morgan fingerprint density at radius 2 is 1.95 bits per heavy atom. The molecule has 1 aromatic rings. The van der Waals surface area contributed by atoms with Crippen LogP contribution in [0.2, 0.25) is 5.02 Å². The number of nitrogens with zero attached hydrogens (tertiary/aromatic N) is 2. The molecule has 0 saturated carbocycles. The van der Waals surface area contributed by atoms with E-state index in [9.17, 15) is 8.42 Å². The molecule has 1 aliphatic rings. The van der Waals surface area contributed by atoms with E-state index in [-0.39, 0.29) is 10.8 Å². The van der Waals surface area contributed by atoms with Crippen molar-refractivity contribution in [3.8, 4) is 0 Å². The minimum atomic E-state index is -3.49. The molecule has 0 spiro atoms. The van der Waals surface area contributed by atoms with Gasteiger partial charge in [-0.15, -0.1) is 0 Å². The summed E-state index contributed by atoms with van der Waals surface area (Å²) in [6.45, 7) is 7.64.